The number of rotatable bonds is 38. The molecule has 0 aliphatic carbocycles. The minimum absolute atomic E-state index is 0.107. The molecule has 0 heterocycles. The number of carbonyl (C=O) groups is 2. The van der Waals surface area contributed by atoms with E-state index in [1.807, 2.05) is 18.2 Å². The molecule has 0 radical (unpaired) electrons. The molecule has 4 N–H and O–H groups in total. The van der Waals surface area contributed by atoms with Gasteiger partial charge < -0.3 is 29.7 Å². The zero-order valence-electron chi connectivity index (χ0n) is 33.5. The SMILES string of the molecule is CCCCC/C=C\C/C=C\CC(O)/C=C\C=C\CCCC(=O)OC[C@H](COP(=O)(O)OC[C@@H](O)CO)OC(=O)CCCCCCCCCCCCCCC. The van der Waals surface area contributed by atoms with Gasteiger partial charge in [-0.3, -0.25) is 18.6 Å². The molecule has 0 rings (SSSR count). The normalized spacial score (nSPS) is 15.0. The Labute approximate surface area is 326 Å². The molecule has 54 heavy (non-hydrogen) atoms. The van der Waals surface area contributed by atoms with Gasteiger partial charge in [-0.1, -0.05) is 152 Å². The quantitative estimate of drug-likeness (QED) is 0.0155. The molecule has 0 saturated heterocycles. The summed E-state index contributed by atoms with van der Waals surface area (Å²) in [7, 11) is -4.64. The first kappa shape index (κ1) is 51.9. The van der Waals surface area contributed by atoms with E-state index in [-0.39, 0.29) is 19.4 Å². The lowest BCUT2D eigenvalue weighted by Gasteiger charge is -2.20. The van der Waals surface area contributed by atoms with Crippen molar-refractivity contribution in [1.82, 2.24) is 0 Å². The summed E-state index contributed by atoms with van der Waals surface area (Å²) in [5, 5.41) is 28.4. The topological polar surface area (TPSA) is 169 Å². The molecule has 0 bridgehead atoms. The molecular weight excluding hydrogens is 711 g/mol. The molecule has 2 unspecified atom stereocenters. The Morgan fingerprint density at radius 3 is 1.83 bits per heavy atom. The number of carbonyl (C=O) groups excluding carboxylic acids is 2. The first-order valence-electron chi connectivity index (χ1n) is 20.7. The van der Waals surface area contributed by atoms with Crippen LogP contribution in [0.15, 0.2) is 48.6 Å². The van der Waals surface area contributed by atoms with Crippen LogP contribution in [-0.2, 0) is 32.7 Å². The van der Waals surface area contributed by atoms with Gasteiger partial charge in [0, 0.05) is 12.8 Å². The minimum atomic E-state index is -4.64. The van der Waals surface area contributed by atoms with Gasteiger partial charge in [0.1, 0.15) is 12.7 Å². The van der Waals surface area contributed by atoms with Crippen molar-refractivity contribution in [3.63, 3.8) is 0 Å². The lowest BCUT2D eigenvalue weighted by atomic mass is 10.0. The van der Waals surface area contributed by atoms with E-state index < -0.39 is 57.9 Å². The number of unbranched alkanes of at least 4 members (excludes halogenated alkanes) is 16. The third-order valence-corrected chi connectivity index (χ3v) is 9.52. The second-order valence-corrected chi connectivity index (χ2v) is 15.3. The number of ether oxygens (including phenoxy) is 2. The Balaban J connectivity index is 4.50. The Hall–Kier alpha value is -2.11. The Morgan fingerprint density at radius 2 is 1.19 bits per heavy atom. The predicted octanol–water partition coefficient (Wildman–Crippen LogP) is 9.53. The molecule has 0 amide bonds. The van der Waals surface area contributed by atoms with Crippen LogP contribution < -0.4 is 0 Å². The van der Waals surface area contributed by atoms with Crippen molar-refractivity contribution in [1.29, 1.82) is 0 Å². The van der Waals surface area contributed by atoms with Crippen LogP contribution in [0.3, 0.4) is 0 Å². The van der Waals surface area contributed by atoms with Crippen molar-refractivity contribution in [2.24, 2.45) is 0 Å². The molecule has 0 aromatic heterocycles. The van der Waals surface area contributed by atoms with Crippen molar-refractivity contribution in [2.75, 3.05) is 26.4 Å². The fraction of sp³-hybridized carbons (Fsp3) is 0.762. The predicted molar refractivity (Wildman–Crippen MR) is 216 cm³/mol. The largest absolute Gasteiger partial charge is 0.472 e. The van der Waals surface area contributed by atoms with E-state index in [4.69, 9.17) is 19.1 Å². The van der Waals surface area contributed by atoms with E-state index in [0.717, 1.165) is 32.1 Å². The van der Waals surface area contributed by atoms with Gasteiger partial charge in [0.15, 0.2) is 6.10 Å². The van der Waals surface area contributed by atoms with Crippen LogP contribution in [0.5, 0.6) is 0 Å². The van der Waals surface area contributed by atoms with E-state index in [1.54, 1.807) is 12.2 Å². The van der Waals surface area contributed by atoms with Crippen molar-refractivity contribution in [3.05, 3.63) is 48.6 Å². The monoisotopic (exact) mass is 787 g/mol. The number of esters is 2. The maximum Gasteiger partial charge on any atom is 0.472 e. The summed E-state index contributed by atoms with van der Waals surface area (Å²) in [6.07, 6.45) is 35.3. The molecule has 0 aromatic rings. The number of hydrogen-bond donors (Lipinski definition) is 4. The highest BCUT2D eigenvalue weighted by Gasteiger charge is 2.27. The molecule has 0 aromatic carbocycles. The highest BCUT2D eigenvalue weighted by atomic mass is 31.2. The van der Waals surface area contributed by atoms with Crippen LogP contribution in [0, 0.1) is 0 Å². The Morgan fingerprint density at radius 1 is 0.630 bits per heavy atom. The molecule has 12 heteroatoms. The Kier molecular flexibility index (Phi) is 36.3. The van der Waals surface area contributed by atoms with Crippen LogP contribution in [-0.4, -0.2) is 76.9 Å². The third-order valence-electron chi connectivity index (χ3n) is 8.57. The number of hydrogen-bond acceptors (Lipinski definition) is 10. The maximum absolute atomic E-state index is 12.6. The van der Waals surface area contributed by atoms with Crippen molar-refractivity contribution < 1.29 is 52.9 Å². The number of phosphoric ester groups is 1. The van der Waals surface area contributed by atoms with Crippen molar-refractivity contribution >= 4 is 19.8 Å². The second-order valence-electron chi connectivity index (χ2n) is 13.9. The highest BCUT2D eigenvalue weighted by Crippen LogP contribution is 2.43. The van der Waals surface area contributed by atoms with E-state index in [2.05, 4.69) is 36.6 Å². The average Bonchev–Trinajstić information content (AvgIpc) is 3.15. The zero-order chi connectivity index (χ0) is 40.0. The van der Waals surface area contributed by atoms with Gasteiger partial charge in [0.05, 0.1) is 25.9 Å². The summed E-state index contributed by atoms with van der Waals surface area (Å²) < 4.78 is 32.5. The van der Waals surface area contributed by atoms with Crippen LogP contribution in [0.4, 0.5) is 0 Å². The number of phosphoric acid groups is 1. The summed E-state index contributed by atoms with van der Waals surface area (Å²) in [6.45, 7) is 2.17. The fourth-order valence-corrected chi connectivity index (χ4v) is 6.09. The Bertz CT molecular complexity index is 1060. The lowest BCUT2D eigenvalue weighted by Crippen LogP contribution is -2.29. The molecule has 0 aliphatic rings. The van der Waals surface area contributed by atoms with Gasteiger partial charge in [0.2, 0.25) is 0 Å². The van der Waals surface area contributed by atoms with Crippen LogP contribution in [0.25, 0.3) is 0 Å². The van der Waals surface area contributed by atoms with Crippen molar-refractivity contribution in [2.45, 2.75) is 180 Å². The standard InChI is InChI=1S/C42H75O11P/c1-3-5-7-9-11-13-14-15-16-18-20-24-29-33-42(47)53-40(37-52-54(48,49)51-35-39(45)34-43)36-50-41(46)32-28-25-21-23-27-31-38(44)30-26-22-19-17-12-10-8-6-4-2/h12,17,21-23,26-27,31,38-40,43-45H,3-11,13-16,18-20,24-25,28-30,32-37H2,1-2H3,(H,48,49)/b17-12-,23-21+,26-22-,31-27-/t38?,39-,40+/m0/s1. The summed E-state index contributed by atoms with van der Waals surface area (Å²) in [6, 6.07) is 0. The lowest BCUT2D eigenvalue weighted by molar-refractivity contribution is -0.161. The number of aliphatic hydroxyl groups excluding tert-OH is 3. The fourth-order valence-electron chi connectivity index (χ4n) is 5.30. The molecule has 4 atom stereocenters. The van der Waals surface area contributed by atoms with Gasteiger partial charge in [-0.2, -0.15) is 0 Å². The summed E-state index contributed by atoms with van der Waals surface area (Å²) in [5.41, 5.74) is 0. The number of aliphatic hydroxyl groups is 3. The van der Waals surface area contributed by atoms with Crippen LogP contribution in [0.2, 0.25) is 0 Å². The van der Waals surface area contributed by atoms with E-state index in [1.165, 1.54) is 77.0 Å². The molecule has 0 aliphatic heterocycles. The highest BCUT2D eigenvalue weighted by molar-refractivity contribution is 7.47. The average molecular weight is 787 g/mol. The summed E-state index contributed by atoms with van der Waals surface area (Å²) >= 11 is 0. The van der Waals surface area contributed by atoms with Gasteiger partial charge in [-0.25, -0.2) is 4.57 Å². The van der Waals surface area contributed by atoms with Gasteiger partial charge >= 0.3 is 19.8 Å². The zero-order valence-corrected chi connectivity index (χ0v) is 34.4. The first-order valence-corrected chi connectivity index (χ1v) is 22.2. The molecular formula is C42H75O11P. The van der Waals surface area contributed by atoms with E-state index in [0.29, 0.717) is 25.7 Å². The number of allylic oxidation sites excluding steroid dienone is 6. The van der Waals surface area contributed by atoms with Gasteiger partial charge in [-0.15, -0.1) is 0 Å². The summed E-state index contributed by atoms with van der Waals surface area (Å²) in [4.78, 5) is 34.9. The minimum Gasteiger partial charge on any atom is -0.462 e. The van der Waals surface area contributed by atoms with Crippen LogP contribution in [0.1, 0.15) is 162 Å². The van der Waals surface area contributed by atoms with E-state index >= 15 is 0 Å². The molecule has 0 saturated carbocycles. The molecule has 0 fully saturated rings. The van der Waals surface area contributed by atoms with Gasteiger partial charge in [0.25, 0.3) is 0 Å². The van der Waals surface area contributed by atoms with Gasteiger partial charge in [-0.05, 0) is 44.9 Å². The third kappa shape index (κ3) is 36.8. The van der Waals surface area contributed by atoms with Crippen LogP contribution >= 0.6 is 7.82 Å². The first-order chi connectivity index (χ1) is 26.1. The van der Waals surface area contributed by atoms with Crippen molar-refractivity contribution in [3.8, 4) is 0 Å². The second kappa shape index (κ2) is 37.8. The smallest absolute Gasteiger partial charge is 0.462 e. The van der Waals surface area contributed by atoms with E-state index in [9.17, 15) is 29.3 Å². The molecule has 11 nitrogen and oxygen atoms in total. The summed E-state index contributed by atoms with van der Waals surface area (Å²) in [5.74, 6) is -1.05. The maximum atomic E-state index is 12.6. The molecule has 314 valence electrons. The molecule has 0 spiro atoms.